The van der Waals surface area contributed by atoms with Crippen molar-refractivity contribution in [2.24, 2.45) is 0 Å². The Morgan fingerprint density at radius 1 is 0.411 bits per heavy atom. The Morgan fingerprint density at radius 2 is 0.768 bits per heavy atom. The average molecular weight is 850 g/mol. The molecule has 0 aromatic heterocycles. The number of hydrogen-bond donors (Lipinski definition) is 0. The lowest BCUT2D eigenvalue weighted by Crippen LogP contribution is -1.92. The maximum absolute atomic E-state index is 12.7. The molecule has 0 bridgehead atoms. The third kappa shape index (κ3) is 17.4. The molecule has 288 valence electrons. The molecular weight excluding hydrogens is 813 g/mol. The molecule has 11 heteroatoms. The minimum Gasteiger partial charge on any atom is -0.255 e. The van der Waals surface area contributed by atoms with E-state index in [1.807, 2.05) is 60.7 Å². The zero-order chi connectivity index (χ0) is 40.1. The van der Waals surface area contributed by atoms with Crippen molar-refractivity contribution >= 4 is 73.8 Å². The van der Waals surface area contributed by atoms with Crippen LogP contribution in [0.5, 0.6) is 0 Å². The molecule has 0 aliphatic carbocycles. The molecule has 0 amide bonds. The van der Waals surface area contributed by atoms with Crippen LogP contribution in [-0.4, -0.2) is 12.6 Å². The van der Waals surface area contributed by atoms with E-state index in [-0.39, 0.29) is 17.5 Å². The molecule has 6 rings (SSSR count). The largest absolute Gasteiger partial charge is 0.255 e. The highest BCUT2D eigenvalue weighted by atomic mass is 35.5. The Morgan fingerprint density at radius 3 is 1.18 bits per heavy atom. The standard InChI is InChI=1S/2C15H12ClFOS.C15H13FOS/c16-14-5-1-13(2-6-14)11-19(18)10-9-12-3-7-15(17)8-4-12;16-15-4-2-1-3-13(15)11-19(18)10-9-12-5-7-14(17)8-6-12;16-15-8-6-13(7-9-15)10-11-18(17)12-14-4-2-1-3-5-14/h2*1-10H,11H2;1-11H,12H2/b;;11-10-. The summed E-state index contributed by atoms with van der Waals surface area (Å²) in [5.41, 5.74) is 5.34. The minimum absolute atomic E-state index is 0.266. The van der Waals surface area contributed by atoms with E-state index in [2.05, 4.69) is 0 Å². The second kappa shape index (κ2) is 24.1. The van der Waals surface area contributed by atoms with Gasteiger partial charge in [0.15, 0.2) is 0 Å². The fourth-order valence-electron chi connectivity index (χ4n) is 4.58. The van der Waals surface area contributed by atoms with Gasteiger partial charge in [0.1, 0.15) is 17.5 Å². The first kappa shape index (κ1) is 44.1. The Labute approximate surface area is 343 Å². The third-order valence-corrected chi connectivity index (χ3v) is 11.2. The van der Waals surface area contributed by atoms with Crippen LogP contribution in [0, 0.1) is 17.5 Å². The molecule has 0 spiro atoms. The molecule has 3 atom stereocenters. The average Bonchev–Trinajstić information content (AvgIpc) is 3.20. The lowest BCUT2D eigenvalue weighted by atomic mass is 10.2. The summed E-state index contributed by atoms with van der Waals surface area (Å²) in [5, 5.41) is 6.13. The van der Waals surface area contributed by atoms with Gasteiger partial charge in [0, 0.05) is 26.3 Å². The zero-order valence-corrected chi connectivity index (χ0v) is 33.8. The van der Waals surface area contributed by atoms with Gasteiger partial charge < -0.3 is 0 Å². The number of benzene rings is 6. The van der Waals surface area contributed by atoms with Gasteiger partial charge >= 0.3 is 0 Å². The van der Waals surface area contributed by atoms with E-state index in [1.165, 1.54) is 36.4 Å². The molecule has 3 nitrogen and oxygen atoms in total. The topological polar surface area (TPSA) is 51.2 Å². The second-order valence-corrected chi connectivity index (χ2v) is 16.7. The summed E-state index contributed by atoms with van der Waals surface area (Å²) in [5.74, 6) is 0.483. The van der Waals surface area contributed by atoms with E-state index < -0.39 is 32.4 Å². The number of halogens is 5. The Bertz CT molecular complexity index is 2260. The van der Waals surface area contributed by atoms with Crippen LogP contribution in [-0.2, 0) is 49.7 Å². The van der Waals surface area contributed by atoms with Gasteiger partial charge in [0.25, 0.3) is 0 Å². The van der Waals surface area contributed by atoms with Gasteiger partial charge in [-0.3, -0.25) is 12.6 Å². The van der Waals surface area contributed by atoms with Crippen LogP contribution >= 0.6 is 23.2 Å². The Balaban J connectivity index is 0.000000187. The molecule has 6 aromatic rings. The molecule has 3 unspecified atom stereocenters. The quantitative estimate of drug-likeness (QED) is 0.123. The summed E-state index contributed by atoms with van der Waals surface area (Å²) in [6.45, 7) is 0. The van der Waals surface area contributed by atoms with Crippen LogP contribution in [0.15, 0.2) is 168 Å². The first-order valence-corrected chi connectivity index (χ1v) is 21.9. The summed E-state index contributed by atoms with van der Waals surface area (Å²) >= 11 is 11.8. The fraction of sp³-hybridized carbons (Fsp3) is 0.0667. The zero-order valence-electron chi connectivity index (χ0n) is 29.9. The van der Waals surface area contributed by atoms with Gasteiger partial charge in [0.2, 0.25) is 0 Å². The van der Waals surface area contributed by atoms with Crippen molar-refractivity contribution in [3.63, 3.8) is 0 Å². The first-order chi connectivity index (χ1) is 27.0. The molecule has 0 aliphatic heterocycles. The van der Waals surface area contributed by atoms with Gasteiger partial charge in [0.05, 0.1) is 49.7 Å². The van der Waals surface area contributed by atoms with Crippen molar-refractivity contribution < 1.29 is 25.8 Å². The summed E-state index contributed by atoms with van der Waals surface area (Å²) in [6.07, 6.45) is 5.19. The molecule has 6 aromatic carbocycles. The van der Waals surface area contributed by atoms with Crippen molar-refractivity contribution in [3.05, 3.63) is 229 Å². The summed E-state index contributed by atoms with van der Waals surface area (Å²) in [7, 11) is -3.30. The summed E-state index contributed by atoms with van der Waals surface area (Å²) in [4.78, 5) is 0. The smallest absolute Gasteiger partial charge is 0.123 e. The molecule has 0 saturated carbocycles. The highest BCUT2D eigenvalue weighted by Crippen LogP contribution is 2.18. The van der Waals surface area contributed by atoms with E-state index >= 15 is 0 Å². The van der Waals surface area contributed by atoms with Crippen molar-refractivity contribution in [1.29, 1.82) is 0 Å². The van der Waals surface area contributed by atoms with Gasteiger partial charge in [-0.05, 0) is 106 Å². The number of hydrogen-bond acceptors (Lipinski definition) is 3. The molecule has 0 aliphatic rings. The lowest BCUT2D eigenvalue weighted by molar-refractivity contribution is 0.627. The maximum atomic E-state index is 12.7. The number of rotatable bonds is 12. The first-order valence-electron chi connectivity index (χ1n) is 17.0. The lowest BCUT2D eigenvalue weighted by Gasteiger charge is -2.01. The van der Waals surface area contributed by atoms with Gasteiger partial charge in [-0.25, -0.2) is 13.2 Å². The Kier molecular flexibility index (Phi) is 19.0. The SMILES string of the molecule is O=S(/C=C\c1ccc(F)cc1)Cc1ccccc1.O=S(C=Cc1ccc(F)cc1)Cc1ccc(Cl)cc1.O=S(C=Cc1ccc(F)cc1)Cc1ccccc1Cl. The van der Waals surface area contributed by atoms with E-state index in [0.717, 1.165) is 33.4 Å². The highest BCUT2D eigenvalue weighted by Gasteiger charge is 2.03. The minimum atomic E-state index is -1.15. The van der Waals surface area contributed by atoms with Gasteiger partial charge in [-0.2, -0.15) is 0 Å². The van der Waals surface area contributed by atoms with Crippen LogP contribution in [0.25, 0.3) is 18.2 Å². The van der Waals surface area contributed by atoms with E-state index in [4.69, 9.17) is 23.2 Å². The van der Waals surface area contributed by atoms with Crippen LogP contribution < -0.4 is 0 Å². The van der Waals surface area contributed by atoms with Gasteiger partial charge in [-0.15, -0.1) is 0 Å². The molecule has 56 heavy (non-hydrogen) atoms. The van der Waals surface area contributed by atoms with Crippen LogP contribution in [0.4, 0.5) is 13.2 Å². The van der Waals surface area contributed by atoms with Crippen molar-refractivity contribution in [3.8, 4) is 0 Å². The normalized spacial score (nSPS) is 12.7. The molecule has 0 radical (unpaired) electrons. The van der Waals surface area contributed by atoms with E-state index in [1.54, 1.807) is 89.0 Å². The van der Waals surface area contributed by atoms with Crippen LogP contribution in [0.1, 0.15) is 33.4 Å². The predicted octanol–water partition coefficient (Wildman–Crippen LogP) is 12.5. The van der Waals surface area contributed by atoms with Gasteiger partial charge in [-0.1, -0.05) is 120 Å². The van der Waals surface area contributed by atoms with E-state index in [9.17, 15) is 25.8 Å². The molecule has 0 fully saturated rings. The van der Waals surface area contributed by atoms with Crippen molar-refractivity contribution in [1.82, 2.24) is 0 Å². The molecule has 0 saturated heterocycles. The summed E-state index contributed by atoms with van der Waals surface area (Å²) < 4.78 is 73.7. The second-order valence-electron chi connectivity index (χ2n) is 11.8. The summed E-state index contributed by atoms with van der Waals surface area (Å²) in [6, 6.07) is 42.4. The van der Waals surface area contributed by atoms with Crippen LogP contribution in [0.3, 0.4) is 0 Å². The monoisotopic (exact) mass is 848 g/mol. The molecule has 0 N–H and O–H groups in total. The van der Waals surface area contributed by atoms with E-state index in [0.29, 0.717) is 27.3 Å². The molecule has 0 heterocycles. The van der Waals surface area contributed by atoms with Crippen molar-refractivity contribution in [2.45, 2.75) is 17.3 Å². The predicted molar refractivity (Wildman–Crippen MR) is 231 cm³/mol. The van der Waals surface area contributed by atoms with Crippen molar-refractivity contribution in [2.75, 3.05) is 0 Å². The highest BCUT2D eigenvalue weighted by molar-refractivity contribution is 7.87. The third-order valence-electron chi connectivity index (χ3n) is 7.48. The van der Waals surface area contributed by atoms with Crippen LogP contribution in [0.2, 0.25) is 10.0 Å². The Hall–Kier alpha value is -4.64. The molecular formula is C45H37Cl2F3O3S3. The fourth-order valence-corrected chi connectivity index (χ4v) is 7.80. The maximum Gasteiger partial charge on any atom is 0.123 e.